The zero-order valence-electron chi connectivity index (χ0n) is 12.4. The van der Waals surface area contributed by atoms with Crippen molar-refractivity contribution in [1.82, 2.24) is 14.1 Å². The van der Waals surface area contributed by atoms with Gasteiger partial charge in [-0.3, -0.25) is 4.40 Å². The summed E-state index contributed by atoms with van der Waals surface area (Å²) in [7, 11) is -3.70. The third-order valence-electron chi connectivity index (χ3n) is 3.04. The number of hydrazine groups is 1. The van der Waals surface area contributed by atoms with Crippen molar-refractivity contribution in [3.8, 4) is 0 Å². The number of hydrogen-bond donors (Lipinski definition) is 3. The van der Waals surface area contributed by atoms with Crippen molar-refractivity contribution in [3.05, 3.63) is 24.4 Å². The number of anilines is 1. The molecule has 0 amide bonds. The van der Waals surface area contributed by atoms with Gasteiger partial charge in [0.05, 0.1) is 0 Å². The highest BCUT2D eigenvalue weighted by molar-refractivity contribution is 7.89. The first-order chi connectivity index (χ1) is 9.74. The lowest BCUT2D eigenvalue weighted by Gasteiger charge is -2.18. The molecule has 0 radical (unpaired) electrons. The molecular weight excluding hydrogens is 290 g/mol. The lowest BCUT2D eigenvalue weighted by molar-refractivity contribution is 0.378. The number of nitrogen functional groups attached to an aromatic ring is 1. The minimum Gasteiger partial charge on any atom is -0.306 e. The van der Waals surface area contributed by atoms with Crippen LogP contribution in [0.2, 0.25) is 0 Å². The van der Waals surface area contributed by atoms with Crippen LogP contribution in [0.3, 0.4) is 0 Å². The summed E-state index contributed by atoms with van der Waals surface area (Å²) in [5.74, 6) is 5.52. The molecule has 116 valence electrons. The molecule has 0 atom stereocenters. The summed E-state index contributed by atoms with van der Waals surface area (Å²) in [6, 6.07) is 5.24. The summed E-state index contributed by atoms with van der Waals surface area (Å²) in [5.41, 5.74) is 2.91. The Kier molecular flexibility index (Phi) is 4.22. The van der Waals surface area contributed by atoms with E-state index in [-0.39, 0.29) is 16.3 Å². The number of aromatic nitrogens is 2. The summed E-state index contributed by atoms with van der Waals surface area (Å²) in [5, 5.41) is 0.0227. The van der Waals surface area contributed by atoms with E-state index < -0.39 is 10.0 Å². The molecule has 2 rings (SSSR count). The minimum absolute atomic E-state index is 0.0227. The number of fused-ring (bicyclic) bond motifs is 1. The van der Waals surface area contributed by atoms with Gasteiger partial charge in [-0.25, -0.2) is 24.0 Å². The fourth-order valence-corrected chi connectivity index (χ4v) is 3.23. The van der Waals surface area contributed by atoms with Crippen LogP contribution in [-0.4, -0.2) is 24.3 Å². The fourth-order valence-electron chi connectivity index (χ4n) is 1.95. The number of imidazole rings is 1. The van der Waals surface area contributed by atoms with Gasteiger partial charge in [-0.15, -0.1) is 0 Å². The second kappa shape index (κ2) is 5.63. The first kappa shape index (κ1) is 15.7. The third kappa shape index (κ3) is 3.52. The summed E-state index contributed by atoms with van der Waals surface area (Å²) < 4.78 is 29.1. The zero-order chi connectivity index (χ0) is 15.7. The van der Waals surface area contributed by atoms with Crippen LogP contribution in [0.1, 0.15) is 27.2 Å². The summed E-state index contributed by atoms with van der Waals surface area (Å²) in [6.45, 7) is 6.53. The molecule has 0 bridgehead atoms. The number of hydrogen-bond acceptors (Lipinski definition) is 5. The van der Waals surface area contributed by atoms with Gasteiger partial charge in [-0.1, -0.05) is 26.8 Å². The third-order valence-corrected chi connectivity index (χ3v) is 4.53. The van der Waals surface area contributed by atoms with Crippen molar-refractivity contribution in [1.29, 1.82) is 0 Å². The Labute approximate surface area is 124 Å². The molecule has 0 saturated heterocycles. The molecule has 0 spiro atoms. The largest absolute Gasteiger partial charge is 0.306 e. The van der Waals surface area contributed by atoms with Gasteiger partial charge >= 0.3 is 0 Å². The van der Waals surface area contributed by atoms with Crippen molar-refractivity contribution >= 4 is 21.5 Å². The second-order valence-electron chi connectivity index (χ2n) is 6.05. The average molecular weight is 311 g/mol. The number of nitrogens with two attached hydrogens (primary N) is 1. The molecule has 2 heterocycles. The van der Waals surface area contributed by atoms with Gasteiger partial charge in [-0.2, -0.15) is 0 Å². The Morgan fingerprint density at radius 2 is 2.05 bits per heavy atom. The van der Waals surface area contributed by atoms with Crippen LogP contribution in [0.4, 0.5) is 5.82 Å². The summed E-state index contributed by atoms with van der Waals surface area (Å²) in [6.07, 6.45) is 2.37. The van der Waals surface area contributed by atoms with Crippen molar-refractivity contribution in [2.24, 2.45) is 11.3 Å². The highest BCUT2D eigenvalue weighted by Crippen LogP contribution is 2.22. The Morgan fingerprint density at radius 1 is 1.33 bits per heavy atom. The maximum atomic E-state index is 12.5. The lowest BCUT2D eigenvalue weighted by Crippen LogP contribution is -2.29. The number of rotatable bonds is 5. The lowest BCUT2D eigenvalue weighted by atomic mass is 9.93. The number of nitrogens with one attached hydrogen (secondary N) is 2. The Hall–Kier alpha value is -1.64. The first-order valence-corrected chi connectivity index (χ1v) is 8.16. The highest BCUT2D eigenvalue weighted by atomic mass is 32.2. The van der Waals surface area contributed by atoms with Crippen molar-refractivity contribution in [2.45, 2.75) is 32.2 Å². The molecule has 0 aliphatic carbocycles. The molecule has 21 heavy (non-hydrogen) atoms. The summed E-state index contributed by atoms with van der Waals surface area (Å²) in [4.78, 5) is 4.16. The standard InChI is InChI=1S/C13H21N5O2S/c1-13(2,3)7-8-15-21(19,20)12-11(17-14)16-10-6-4-5-9-18(10)12/h4-6,9,15,17H,7-8,14H2,1-3H3. The van der Waals surface area contributed by atoms with Gasteiger partial charge in [0.25, 0.3) is 10.0 Å². The Morgan fingerprint density at radius 3 is 2.67 bits per heavy atom. The molecule has 0 fully saturated rings. The predicted octanol–water partition coefficient (Wildman–Crippen LogP) is 1.33. The van der Waals surface area contributed by atoms with E-state index in [9.17, 15) is 8.42 Å². The van der Waals surface area contributed by atoms with Gasteiger partial charge in [0.15, 0.2) is 10.8 Å². The van der Waals surface area contributed by atoms with Crippen LogP contribution < -0.4 is 16.0 Å². The highest BCUT2D eigenvalue weighted by Gasteiger charge is 2.25. The molecule has 0 aromatic carbocycles. The molecule has 0 unspecified atom stereocenters. The van der Waals surface area contributed by atoms with E-state index in [1.165, 1.54) is 4.40 Å². The van der Waals surface area contributed by atoms with Crippen LogP contribution in [0, 0.1) is 5.41 Å². The molecule has 2 aromatic rings. The van der Waals surface area contributed by atoms with E-state index in [0.29, 0.717) is 12.2 Å². The predicted molar refractivity (Wildman–Crippen MR) is 82.3 cm³/mol. The maximum absolute atomic E-state index is 12.5. The topological polar surface area (TPSA) is 102 Å². The number of sulfonamides is 1. The number of nitrogens with zero attached hydrogens (tertiary/aromatic N) is 2. The monoisotopic (exact) mass is 311 g/mol. The van der Waals surface area contributed by atoms with Gasteiger partial charge in [-0.05, 0) is 24.0 Å². The SMILES string of the molecule is CC(C)(C)CCNS(=O)(=O)c1c(NN)nc2ccccn12. The van der Waals surface area contributed by atoms with Crippen LogP contribution in [0.15, 0.2) is 29.4 Å². The molecule has 0 aliphatic heterocycles. The fraction of sp³-hybridized carbons (Fsp3) is 0.462. The first-order valence-electron chi connectivity index (χ1n) is 6.68. The zero-order valence-corrected chi connectivity index (χ0v) is 13.2. The molecule has 8 heteroatoms. The van der Waals surface area contributed by atoms with E-state index in [2.05, 4.69) is 35.9 Å². The smallest absolute Gasteiger partial charge is 0.260 e. The van der Waals surface area contributed by atoms with Crippen LogP contribution in [-0.2, 0) is 10.0 Å². The summed E-state index contributed by atoms with van der Waals surface area (Å²) >= 11 is 0. The van der Waals surface area contributed by atoms with Crippen LogP contribution in [0.5, 0.6) is 0 Å². The second-order valence-corrected chi connectivity index (χ2v) is 7.73. The molecule has 0 saturated carbocycles. The molecular formula is C13H21N5O2S. The van der Waals surface area contributed by atoms with E-state index in [1.807, 2.05) is 0 Å². The Bertz CT molecular complexity index is 731. The molecule has 7 nitrogen and oxygen atoms in total. The maximum Gasteiger partial charge on any atom is 0.260 e. The van der Waals surface area contributed by atoms with Crippen molar-refractivity contribution in [2.75, 3.05) is 12.0 Å². The van der Waals surface area contributed by atoms with Crippen LogP contribution >= 0.6 is 0 Å². The number of pyridine rings is 1. The quantitative estimate of drug-likeness (QED) is 0.571. The van der Waals surface area contributed by atoms with E-state index >= 15 is 0 Å². The van der Waals surface area contributed by atoms with Gasteiger partial charge in [0.2, 0.25) is 0 Å². The molecule has 2 aromatic heterocycles. The minimum atomic E-state index is -3.70. The van der Waals surface area contributed by atoms with E-state index in [0.717, 1.165) is 6.42 Å². The van der Waals surface area contributed by atoms with Crippen molar-refractivity contribution in [3.63, 3.8) is 0 Å². The van der Waals surface area contributed by atoms with Crippen LogP contribution in [0.25, 0.3) is 5.65 Å². The molecule has 4 N–H and O–H groups in total. The van der Waals surface area contributed by atoms with Crippen molar-refractivity contribution < 1.29 is 8.42 Å². The Balaban J connectivity index is 2.35. The molecule has 0 aliphatic rings. The average Bonchev–Trinajstić information content (AvgIpc) is 2.75. The van der Waals surface area contributed by atoms with E-state index in [1.54, 1.807) is 24.4 Å². The van der Waals surface area contributed by atoms with Gasteiger partial charge in [0, 0.05) is 12.7 Å². The van der Waals surface area contributed by atoms with E-state index in [4.69, 9.17) is 5.84 Å². The van der Waals surface area contributed by atoms with Gasteiger partial charge < -0.3 is 5.43 Å². The van der Waals surface area contributed by atoms with Gasteiger partial charge in [0.1, 0.15) is 5.65 Å². The normalized spacial score (nSPS) is 12.8.